The molecule has 6 heteroatoms. The second-order valence-corrected chi connectivity index (χ2v) is 6.43. The van der Waals surface area contributed by atoms with Gasteiger partial charge in [-0.15, -0.1) is 0 Å². The maximum atomic E-state index is 11.8. The molecule has 27 heavy (non-hydrogen) atoms. The van der Waals surface area contributed by atoms with Crippen molar-refractivity contribution in [3.8, 4) is 17.2 Å². The Balaban J connectivity index is 1.27. The average Bonchev–Trinajstić information content (AvgIpc) is 2.68. The quantitative estimate of drug-likeness (QED) is 0.701. The number of aryl methyl sites for hydroxylation is 1. The molecule has 0 radical (unpaired) electrons. The molecule has 0 aromatic heterocycles. The summed E-state index contributed by atoms with van der Waals surface area (Å²) in [7, 11) is 0. The van der Waals surface area contributed by atoms with Crippen LogP contribution in [-0.4, -0.2) is 38.9 Å². The number of carbonyl (C=O) groups excluding carboxylic acids is 1. The van der Waals surface area contributed by atoms with Crippen molar-refractivity contribution in [2.45, 2.75) is 19.8 Å². The zero-order chi connectivity index (χ0) is 18.9. The Kier molecular flexibility index (Phi) is 6.79. The first-order valence-corrected chi connectivity index (χ1v) is 9.30. The normalized spacial score (nSPS) is 12.3. The summed E-state index contributed by atoms with van der Waals surface area (Å²) in [5.74, 6) is 2.42. The highest BCUT2D eigenvalue weighted by Gasteiger charge is 2.11. The number of carbonyl (C=O) groups is 1. The molecule has 1 heterocycles. The maximum Gasteiger partial charge on any atom is 0.314 e. The Labute approximate surface area is 159 Å². The van der Waals surface area contributed by atoms with Gasteiger partial charge in [0.2, 0.25) is 0 Å². The van der Waals surface area contributed by atoms with Crippen molar-refractivity contribution in [2.24, 2.45) is 0 Å². The van der Waals surface area contributed by atoms with Gasteiger partial charge in [-0.25, -0.2) is 4.79 Å². The standard InChI is InChI=1S/C21H26N2O4/c1-16-4-2-5-18(14-16)25-11-3-9-22-21(24)23-10-8-17-6-7-19-20(15-17)27-13-12-26-19/h2,4-7,14-15H,3,8-13H2,1H3,(H2,22,23,24). The average molecular weight is 370 g/mol. The number of nitrogens with one attached hydrogen (secondary N) is 2. The van der Waals surface area contributed by atoms with Gasteiger partial charge in [0.15, 0.2) is 11.5 Å². The Morgan fingerprint density at radius 1 is 1.04 bits per heavy atom. The molecule has 6 nitrogen and oxygen atoms in total. The zero-order valence-electron chi connectivity index (χ0n) is 15.6. The summed E-state index contributed by atoms with van der Waals surface area (Å²) in [6.07, 6.45) is 1.49. The first-order chi connectivity index (χ1) is 13.2. The molecular weight excluding hydrogens is 344 g/mol. The molecule has 2 aromatic carbocycles. The predicted octanol–water partition coefficient (Wildman–Crippen LogP) is 3.08. The Morgan fingerprint density at radius 2 is 1.85 bits per heavy atom. The molecule has 0 spiro atoms. The molecule has 1 aliphatic heterocycles. The highest BCUT2D eigenvalue weighted by molar-refractivity contribution is 5.73. The van der Waals surface area contributed by atoms with E-state index in [1.165, 1.54) is 5.56 Å². The maximum absolute atomic E-state index is 11.8. The largest absolute Gasteiger partial charge is 0.494 e. The van der Waals surface area contributed by atoms with Crippen LogP contribution in [0.15, 0.2) is 42.5 Å². The van der Waals surface area contributed by atoms with Crippen LogP contribution in [0.2, 0.25) is 0 Å². The Hall–Kier alpha value is -2.89. The van der Waals surface area contributed by atoms with Crippen LogP contribution in [0, 0.1) is 6.92 Å². The van der Waals surface area contributed by atoms with Crippen molar-refractivity contribution in [3.63, 3.8) is 0 Å². The van der Waals surface area contributed by atoms with Gasteiger partial charge in [-0.05, 0) is 55.2 Å². The zero-order valence-corrected chi connectivity index (χ0v) is 15.6. The summed E-state index contributed by atoms with van der Waals surface area (Å²) in [5.41, 5.74) is 2.27. The first-order valence-electron chi connectivity index (χ1n) is 9.30. The van der Waals surface area contributed by atoms with Crippen molar-refractivity contribution in [1.29, 1.82) is 0 Å². The van der Waals surface area contributed by atoms with Gasteiger partial charge in [-0.2, -0.15) is 0 Å². The van der Waals surface area contributed by atoms with Gasteiger partial charge in [-0.3, -0.25) is 0 Å². The van der Waals surface area contributed by atoms with Crippen LogP contribution in [0.3, 0.4) is 0 Å². The lowest BCUT2D eigenvalue weighted by molar-refractivity contribution is 0.171. The fourth-order valence-electron chi connectivity index (χ4n) is 2.80. The van der Waals surface area contributed by atoms with Crippen LogP contribution >= 0.6 is 0 Å². The molecular formula is C21H26N2O4. The van der Waals surface area contributed by atoms with E-state index in [4.69, 9.17) is 14.2 Å². The van der Waals surface area contributed by atoms with Gasteiger partial charge in [0.25, 0.3) is 0 Å². The number of rotatable bonds is 8. The molecule has 0 bridgehead atoms. The van der Waals surface area contributed by atoms with E-state index in [1.54, 1.807) is 0 Å². The second-order valence-electron chi connectivity index (χ2n) is 6.43. The third-order valence-corrected chi connectivity index (χ3v) is 4.17. The molecule has 0 unspecified atom stereocenters. The van der Waals surface area contributed by atoms with E-state index in [2.05, 4.69) is 10.6 Å². The van der Waals surface area contributed by atoms with E-state index in [9.17, 15) is 4.79 Å². The van der Waals surface area contributed by atoms with E-state index in [0.29, 0.717) is 32.9 Å². The summed E-state index contributed by atoms with van der Waals surface area (Å²) >= 11 is 0. The van der Waals surface area contributed by atoms with Gasteiger partial charge < -0.3 is 24.8 Å². The smallest absolute Gasteiger partial charge is 0.314 e. The van der Waals surface area contributed by atoms with Crippen LogP contribution in [0.4, 0.5) is 4.79 Å². The van der Waals surface area contributed by atoms with Crippen molar-refractivity contribution in [3.05, 3.63) is 53.6 Å². The monoisotopic (exact) mass is 370 g/mol. The van der Waals surface area contributed by atoms with E-state index in [1.807, 2.05) is 49.4 Å². The number of hydrogen-bond donors (Lipinski definition) is 2. The van der Waals surface area contributed by atoms with Gasteiger partial charge in [0.1, 0.15) is 19.0 Å². The molecule has 0 atom stereocenters. The lowest BCUT2D eigenvalue weighted by Gasteiger charge is -2.18. The van der Waals surface area contributed by atoms with Crippen LogP contribution in [0.25, 0.3) is 0 Å². The van der Waals surface area contributed by atoms with E-state index < -0.39 is 0 Å². The molecule has 2 amide bonds. The van der Waals surface area contributed by atoms with E-state index >= 15 is 0 Å². The van der Waals surface area contributed by atoms with Crippen molar-refractivity contribution < 1.29 is 19.0 Å². The van der Waals surface area contributed by atoms with Crippen LogP contribution in [0.5, 0.6) is 17.2 Å². The molecule has 2 aromatic rings. The van der Waals surface area contributed by atoms with E-state index in [0.717, 1.165) is 35.7 Å². The molecule has 1 aliphatic rings. The number of hydrogen-bond acceptors (Lipinski definition) is 4. The minimum Gasteiger partial charge on any atom is -0.494 e. The number of ether oxygens (including phenoxy) is 3. The fraction of sp³-hybridized carbons (Fsp3) is 0.381. The van der Waals surface area contributed by atoms with Gasteiger partial charge >= 0.3 is 6.03 Å². The highest BCUT2D eigenvalue weighted by Crippen LogP contribution is 2.30. The fourth-order valence-corrected chi connectivity index (χ4v) is 2.80. The number of amides is 2. The molecule has 144 valence electrons. The number of urea groups is 1. The molecule has 2 N–H and O–H groups in total. The lowest BCUT2D eigenvalue weighted by Crippen LogP contribution is -2.37. The topological polar surface area (TPSA) is 68.8 Å². The summed E-state index contributed by atoms with van der Waals surface area (Å²) in [6.45, 7) is 4.90. The molecule has 0 saturated heterocycles. The Bertz CT molecular complexity index is 764. The van der Waals surface area contributed by atoms with E-state index in [-0.39, 0.29) is 6.03 Å². The SMILES string of the molecule is Cc1cccc(OCCCNC(=O)NCCc2ccc3c(c2)OCCO3)c1. The van der Waals surface area contributed by atoms with Gasteiger partial charge in [0.05, 0.1) is 6.61 Å². The second kappa shape index (κ2) is 9.71. The van der Waals surface area contributed by atoms with Crippen molar-refractivity contribution in [2.75, 3.05) is 32.9 Å². The minimum atomic E-state index is -0.164. The number of fused-ring (bicyclic) bond motifs is 1. The minimum absolute atomic E-state index is 0.164. The van der Waals surface area contributed by atoms with Gasteiger partial charge in [-0.1, -0.05) is 18.2 Å². The van der Waals surface area contributed by atoms with Crippen LogP contribution in [-0.2, 0) is 6.42 Å². The summed E-state index contributed by atoms with van der Waals surface area (Å²) in [4.78, 5) is 11.8. The third-order valence-electron chi connectivity index (χ3n) is 4.17. The van der Waals surface area contributed by atoms with Gasteiger partial charge in [0, 0.05) is 13.1 Å². The third kappa shape index (κ3) is 6.09. The van der Waals surface area contributed by atoms with Crippen molar-refractivity contribution in [1.82, 2.24) is 10.6 Å². The summed E-state index contributed by atoms with van der Waals surface area (Å²) in [6, 6.07) is 13.7. The summed E-state index contributed by atoms with van der Waals surface area (Å²) < 4.78 is 16.7. The molecule has 0 saturated carbocycles. The molecule has 0 fully saturated rings. The first kappa shape index (κ1) is 18.9. The van der Waals surface area contributed by atoms with Crippen LogP contribution < -0.4 is 24.8 Å². The van der Waals surface area contributed by atoms with Crippen molar-refractivity contribution >= 4 is 6.03 Å². The Morgan fingerprint density at radius 3 is 2.70 bits per heavy atom. The van der Waals surface area contributed by atoms with Crippen LogP contribution in [0.1, 0.15) is 17.5 Å². The number of benzene rings is 2. The highest BCUT2D eigenvalue weighted by atomic mass is 16.6. The predicted molar refractivity (Wildman–Crippen MR) is 104 cm³/mol. The molecule has 3 rings (SSSR count). The lowest BCUT2D eigenvalue weighted by atomic mass is 10.1. The molecule has 0 aliphatic carbocycles. The summed E-state index contributed by atoms with van der Waals surface area (Å²) in [5, 5.41) is 5.71.